The molecule has 7 nitrogen and oxygen atoms in total. The lowest BCUT2D eigenvalue weighted by Gasteiger charge is -2.29. The van der Waals surface area contributed by atoms with Crippen molar-refractivity contribution in [1.82, 2.24) is 9.46 Å². The fourth-order valence-corrected chi connectivity index (χ4v) is 5.12. The third-order valence-electron chi connectivity index (χ3n) is 5.43. The molecular formula is C19H23N3O4S. The van der Waals surface area contributed by atoms with Gasteiger partial charge in [-0.3, -0.25) is 10.1 Å². The molecule has 27 heavy (non-hydrogen) atoms. The van der Waals surface area contributed by atoms with Gasteiger partial charge in [-0.2, -0.15) is 4.31 Å². The number of nitrogens with one attached hydrogen (secondary N) is 1. The van der Waals surface area contributed by atoms with E-state index in [2.05, 4.69) is 17.4 Å². The Bertz CT molecular complexity index is 942. The van der Waals surface area contributed by atoms with E-state index in [-0.39, 0.29) is 10.8 Å². The number of carbonyl (C=O) groups is 1. The molecule has 1 fully saturated rings. The molecule has 0 spiro atoms. The van der Waals surface area contributed by atoms with Gasteiger partial charge < -0.3 is 4.52 Å². The zero-order valence-electron chi connectivity index (χ0n) is 15.3. The van der Waals surface area contributed by atoms with Gasteiger partial charge in [0, 0.05) is 24.2 Å². The Kier molecular flexibility index (Phi) is 4.77. The Hall–Kier alpha value is -2.19. The Morgan fingerprint density at radius 3 is 2.59 bits per heavy atom. The second kappa shape index (κ2) is 7.09. The summed E-state index contributed by atoms with van der Waals surface area (Å²) in [5.41, 5.74) is 2.24. The maximum Gasteiger partial charge on any atom is 0.258 e. The lowest BCUT2D eigenvalue weighted by molar-refractivity contribution is 0.102. The van der Waals surface area contributed by atoms with E-state index in [0.717, 1.165) is 43.4 Å². The van der Waals surface area contributed by atoms with Crippen LogP contribution in [-0.4, -0.2) is 36.9 Å². The molecule has 8 heteroatoms. The molecule has 1 aliphatic carbocycles. The summed E-state index contributed by atoms with van der Waals surface area (Å²) < 4.78 is 32.3. The number of hydrogen-bond acceptors (Lipinski definition) is 5. The SMILES string of the molecule is CC1CCN(S(=O)(=O)c2ccc(C(=O)Nc3onc4c3CCC4)cc2)CC1. The van der Waals surface area contributed by atoms with Crippen LogP contribution in [0.1, 0.15) is 47.8 Å². The van der Waals surface area contributed by atoms with E-state index in [4.69, 9.17) is 4.52 Å². The number of sulfonamides is 1. The highest BCUT2D eigenvalue weighted by Crippen LogP contribution is 2.29. The minimum absolute atomic E-state index is 0.217. The van der Waals surface area contributed by atoms with Crippen molar-refractivity contribution in [2.45, 2.75) is 43.9 Å². The highest BCUT2D eigenvalue weighted by molar-refractivity contribution is 7.89. The second-order valence-corrected chi connectivity index (χ2v) is 9.29. The minimum Gasteiger partial charge on any atom is -0.338 e. The molecule has 2 aromatic rings. The molecule has 0 unspecified atom stereocenters. The molecule has 144 valence electrons. The average molecular weight is 389 g/mol. The molecular weight excluding hydrogens is 366 g/mol. The summed E-state index contributed by atoms with van der Waals surface area (Å²) in [5.74, 6) is 0.614. The van der Waals surface area contributed by atoms with Crippen molar-refractivity contribution in [3.05, 3.63) is 41.1 Å². The van der Waals surface area contributed by atoms with Crippen LogP contribution in [0.5, 0.6) is 0 Å². The number of rotatable bonds is 4. The average Bonchev–Trinajstić information content (AvgIpc) is 3.27. The van der Waals surface area contributed by atoms with Crippen molar-refractivity contribution in [3.8, 4) is 0 Å². The van der Waals surface area contributed by atoms with Crippen molar-refractivity contribution < 1.29 is 17.7 Å². The second-order valence-electron chi connectivity index (χ2n) is 7.36. The molecule has 0 bridgehead atoms. The number of fused-ring (bicyclic) bond motifs is 1. The number of aromatic nitrogens is 1. The summed E-state index contributed by atoms with van der Waals surface area (Å²) in [6.07, 6.45) is 4.48. The van der Waals surface area contributed by atoms with E-state index in [1.807, 2.05) is 0 Å². The van der Waals surface area contributed by atoms with Gasteiger partial charge in [-0.1, -0.05) is 12.1 Å². The molecule has 4 rings (SSSR count). The van der Waals surface area contributed by atoms with Gasteiger partial charge >= 0.3 is 0 Å². The molecule has 1 aromatic carbocycles. The predicted molar refractivity (Wildman–Crippen MR) is 100 cm³/mol. The quantitative estimate of drug-likeness (QED) is 0.868. The molecule has 0 atom stereocenters. The highest BCUT2D eigenvalue weighted by Gasteiger charge is 2.28. The van der Waals surface area contributed by atoms with Crippen LogP contribution in [0.4, 0.5) is 5.88 Å². The molecule has 2 aliphatic rings. The number of piperidine rings is 1. The third-order valence-corrected chi connectivity index (χ3v) is 7.35. The lowest BCUT2D eigenvalue weighted by Crippen LogP contribution is -2.37. The van der Waals surface area contributed by atoms with Gasteiger partial charge in [0.05, 0.1) is 10.6 Å². The largest absolute Gasteiger partial charge is 0.338 e. The molecule has 2 heterocycles. The Morgan fingerprint density at radius 2 is 1.89 bits per heavy atom. The fourth-order valence-electron chi connectivity index (χ4n) is 3.66. The van der Waals surface area contributed by atoms with E-state index in [9.17, 15) is 13.2 Å². The molecule has 0 radical (unpaired) electrons. The summed E-state index contributed by atoms with van der Waals surface area (Å²) in [4.78, 5) is 12.7. The van der Waals surface area contributed by atoms with Gasteiger partial charge in [0.2, 0.25) is 15.9 Å². The normalized spacial score (nSPS) is 18.4. The van der Waals surface area contributed by atoms with Gasteiger partial charge in [-0.05, 0) is 62.3 Å². The Balaban J connectivity index is 1.47. The maximum absolute atomic E-state index is 12.8. The zero-order chi connectivity index (χ0) is 19.0. The van der Waals surface area contributed by atoms with Crippen LogP contribution < -0.4 is 5.32 Å². The lowest BCUT2D eigenvalue weighted by atomic mass is 10.0. The minimum atomic E-state index is -3.51. The zero-order valence-corrected chi connectivity index (χ0v) is 16.1. The molecule has 0 saturated carbocycles. The number of benzene rings is 1. The van der Waals surface area contributed by atoms with Crippen LogP contribution >= 0.6 is 0 Å². The van der Waals surface area contributed by atoms with Gasteiger partial charge in [-0.15, -0.1) is 0 Å². The van der Waals surface area contributed by atoms with Crippen LogP contribution in [0.25, 0.3) is 0 Å². The third kappa shape index (κ3) is 3.51. The van der Waals surface area contributed by atoms with Crippen molar-refractivity contribution in [2.75, 3.05) is 18.4 Å². The molecule has 1 aliphatic heterocycles. The summed E-state index contributed by atoms with van der Waals surface area (Å²) >= 11 is 0. The highest BCUT2D eigenvalue weighted by atomic mass is 32.2. The van der Waals surface area contributed by atoms with Crippen molar-refractivity contribution in [2.24, 2.45) is 5.92 Å². The first kappa shape index (κ1) is 18.2. The topological polar surface area (TPSA) is 92.5 Å². The smallest absolute Gasteiger partial charge is 0.258 e. The summed E-state index contributed by atoms with van der Waals surface area (Å²) in [7, 11) is -3.51. The first-order chi connectivity index (χ1) is 12.9. The van der Waals surface area contributed by atoms with E-state index in [0.29, 0.717) is 30.5 Å². The fraction of sp³-hybridized carbons (Fsp3) is 0.474. The first-order valence-corrected chi connectivity index (χ1v) is 10.8. The Labute approximate surface area is 158 Å². The number of nitrogens with zero attached hydrogens (tertiary/aromatic N) is 2. The van der Waals surface area contributed by atoms with Gasteiger partial charge in [0.1, 0.15) is 0 Å². The number of hydrogen-bond donors (Lipinski definition) is 1. The number of carbonyl (C=O) groups excluding carboxylic acids is 1. The van der Waals surface area contributed by atoms with Crippen LogP contribution in [0, 0.1) is 5.92 Å². The van der Waals surface area contributed by atoms with Gasteiger partial charge in [-0.25, -0.2) is 8.42 Å². The van der Waals surface area contributed by atoms with Crippen LogP contribution in [-0.2, 0) is 22.9 Å². The van der Waals surface area contributed by atoms with E-state index in [1.165, 1.54) is 28.6 Å². The van der Waals surface area contributed by atoms with Crippen molar-refractivity contribution >= 4 is 21.8 Å². The summed E-state index contributed by atoms with van der Waals surface area (Å²) in [6.45, 7) is 3.23. The van der Waals surface area contributed by atoms with Crippen LogP contribution in [0.15, 0.2) is 33.7 Å². The van der Waals surface area contributed by atoms with Gasteiger partial charge in [0.25, 0.3) is 5.91 Å². The maximum atomic E-state index is 12.8. The monoisotopic (exact) mass is 389 g/mol. The summed E-state index contributed by atoms with van der Waals surface area (Å²) in [6, 6.07) is 6.05. The standard InChI is InChI=1S/C19H23N3O4S/c1-13-9-11-22(12-10-13)27(24,25)15-7-5-14(6-8-15)18(23)20-19-16-3-2-4-17(16)21-26-19/h5-8,13H,2-4,9-12H2,1H3,(H,20,23). The number of aryl methyl sites for hydroxylation is 1. The van der Waals surface area contributed by atoms with Gasteiger partial charge in [0.15, 0.2) is 0 Å². The molecule has 1 saturated heterocycles. The van der Waals surface area contributed by atoms with Crippen LogP contribution in [0.3, 0.4) is 0 Å². The van der Waals surface area contributed by atoms with E-state index in [1.54, 1.807) is 0 Å². The van der Waals surface area contributed by atoms with E-state index < -0.39 is 10.0 Å². The summed E-state index contributed by atoms with van der Waals surface area (Å²) in [5, 5.41) is 6.71. The number of amides is 1. The Morgan fingerprint density at radius 1 is 1.19 bits per heavy atom. The molecule has 1 amide bonds. The van der Waals surface area contributed by atoms with Crippen LogP contribution in [0.2, 0.25) is 0 Å². The van der Waals surface area contributed by atoms with Crippen molar-refractivity contribution in [1.29, 1.82) is 0 Å². The van der Waals surface area contributed by atoms with Crippen molar-refractivity contribution in [3.63, 3.8) is 0 Å². The number of anilines is 1. The first-order valence-electron chi connectivity index (χ1n) is 9.34. The molecule has 1 aromatic heterocycles. The predicted octanol–water partition coefficient (Wildman–Crippen LogP) is 2.84. The van der Waals surface area contributed by atoms with E-state index >= 15 is 0 Å². The molecule has 1 N–H and O–H groups in total.